The van der Waals surface area contributed by atoms with Crippen LogP contribution < -0.4 is 5.73 Å². The summed E-state index contributed by atoms with van der Waals surface area (Å²) in [6.45, 7) is 0. The molecule has 5 heteroatoms. The van der Waals surface area contributed by atoms with E-state index in [4.69, 9.17) is 10.8 Å². The maximum absolute atomic E-state index is 10.8. The molecule has 2 aliphatic rings. The minimum absolute atomic E-state index is 0.249. The third-order valence-corrected chi connectivity index (χ3v) is 3.43. The van der Waals surface area contributed by atoms with Crippen molar-refractivity contribution in [2.24, 2.45) is 23.5 Å². The van der Waals surface area contributed by atoms with Crippen molar-refractivity contribution in [2.75, 3.05) is 0 Å². The lowest BCUT2D eigenvalue weighted by Gasteiger charge is -2.32. The molecule has 0 spiro atoms. The monoisotopic (exact) mass is 187 g/mol. The van der Waals surface area contributed by atoms with Crippen LogP contribution in [0, 0.1) is 17.8 Å². The zero-order chi connectivity index (χ0) is 9.75. The molecule has 0 heterocycles. The number of rotatable bonds is 1. The summed E-state index contributed by atoms with van der Waals surface area (Å²) in [7, 11) is 0. The summed E-state index contributed by atoms with van der Waals surface area (Å²) in [4.78, 5) is 10.8. The molecule has 6 atom stereocenters. The fourth-order valence-electron chi connectivity index (χ4n) is 2.74. The van der Waals surface area contributed by atoms with Gasteiger partial charge in [-0.3, -0.25) is 4.79 Å². The van der Waals surface area contributed by atoms with Crippen molar-refractivity contribution in [3.8, 4) is 0 Å². The zero-order valence-corrected chi connectivity index (χ0v) is 7.00. The SMILES string of the molecule is N[C@@H]1[C@@H]2C[C@@H]([C@@H](O)[C@H]2O)[C@@H]1C(=O)O. The van der Waals surface area contributed by atoms with Crippen molar-refractivity contribution in [3.05, 3.63) is 0 Å². The molecule has 5 nitrogen and oxygen atoms in total. The van der Waals surface area contributed by atoms with Gasteiger partial charge in [-0.1, -0.05) is 0 Å². The van der Waals surface area contributed by atoms with Gasteiger partial charge in [-0.05, 0) is 6.42 Å². The number of hydrogen-bond acceptors (Lipinski definition) is 4. The van der Waals surface area contributed by atoms with Crippen LogP contribution in [0.5, 0.6) is 0 Å². The first kappa shape index (κ1) is 8.93. The van der Waals surface area contributed by atoms with Crippen molar-refractivity contribution in [3.63, 3.8) is 0 Å². The van der Waals surface area contributed by atoms with Crippen LogP contribution in [0.15, 0.2) is 0 Å². The molecule has 2 aliphatic carbocycles. The summed E-state index contributed by atoms with van der Waals surface area (Å²) in [6.07, 6.45) is -1.22. The first-order valence-electron chi connectivity index (χ1n) is 4.38. The molecule has 0 amide bonds. The Morgan fingerprint density at radius 2 is 1.77 bits per heavy atom. The van der Waals surface area contributed by atoms with E-state index in [2.05, 4.69) is 0 Å². The number of carbonyl (C=O) groups is 1. The van der Waals surface area contributed by atoms with Gasteiger partial charge in [0.15, 0.2) is 0 Å². The highest BCUT2D eigenvalue weighted by Gasteiger charge is 2.58. The van der Waals surface area contributed by atoms with Gasteiger partial charge in [-0.15, -0.1) is 0 Å². The molecule has 5 N–H and O–H groups in total. The fraction of sp³-hybridized carbons (Fsp3) is 0.875. The van der Waals surface area contributed by atoms with Crippen LogP contribution in [0.4, 0.5) is 0 Å². The third kappa shape index (κ3) is 1.01. The molecule has 0 saturated heterocycles. The smallest absolute Gasteiger partial charge is 0.308 e. The Balaban J connectivity index is 2.24. The summed E-state index contributed by atoms with van der Waals surface area (Å²) in [5, 5.41) is 27.7. The maximum Gasteiger partial charge on any atom is 0.308 e. The summed E-state index contributed by atoms with van der Waals surface area (Å²) in [5.41, 5.74) is 5.67. The average molecular weight is 187 g/mol. The van der Waals surface area contributed by atoms with Crippen LogP contribution >= 0.6 is 0 Å². The van der Waals surface area contributed by atoms with E-state index in [0.717, 1.165) is 0 Å². The van der Waals surface area contributed by atoms with Gasteiger partial charge >= 0.3 is 5.97 Å². The zero-order valence-electron chi connectivity index (χ0n) is 7.00. The summed E-state index contributed by atoms with van der Waals surface area (Å²) < 4.78 is 0. The second kappa shape index (κ2) is 2.67. The summed E-state index contributed by atoms with van der Waals surface area (Å²) >= 11 is 0. The second-order valence-electron chi connectivity index (χ2n) is 3.99. The van der Waals surface area contributed by atoms with Gasteiger partial charge in [-0.25, -0.2) is 0 Å². The van der Waals surface area contributed by atoms with Gasteiger partial charge in [-0.2, -0.15) is 0 Å². The number of carboxylic acid groups (broad SMARTS) is 1. The second-order valence-corrected chi connectivity index (χ2v) is 3.99. The maximum atomic E-state index is 10.8. The van der Waals surface area contributed by atoms with Crippen LogP contribution in [0.3, 0.4) is 0 Å². The average Bonchev–Trinajstić information content (AvgIpc) is 2.50. The molecule has 0 aromatic rings. The molecule has 0 aliphatic heterocycles. The molecule has 0 unspecified atom stereocenters. The number of aliphatic hydroxyl groups excluding tert-OH is 2. The van der Waals surface area contributed by atoms with Crippen LogP contribution in [-0.2, 0) is 4.79 Å². The number of aliphatic carboxylic acids is 1. The van der Waals surface area contributed by atoms with Crippen LogP contribution in [0.2, 0.25) is 0 Å². The molecular weight excluding hydrogens is 174 g/mol. The van der Waals surface area contributed by atoms with Crippen LogP contribution in [-0.4, -0.2) is 39.5 Å². The van der Waals surface area contributed by atoms with E-state index in [1.165, 1.54) is 0 Å². The van der Waals surface area contributed by atoms with Crippen molar-refractivity contribution in [1.29, 1.82) is 0 Å². The Bertz CT molecular complexity index is 244. The van der Waals surface area contributed by atoms with Crippen LogP contribution in [0.25, 0.3) is 0 Å². The minimum atomic E-state index is -0.967. The summed E-state index contributed by atoms with van der Waals surface area (Å²) in [6, 6.07) is -0.513. The minimum Gasteiger partial charge on any atom is -0.481 e. The van der Waals surface area contributed by atoms with Gasteiger partial charge < -0.3 is 21.1 Å². The van der Waals surface area contributed by atoms with Gasteiger partial charge in [0.25, 0.3) is 0 Å². The predicted molar refractivity (Wildman–Crippen MR) is 42.7 cm³/mol. The molecule has 2 bridgehead atoms. The van der Waals surface area contributed by atoms with E-state index in [-0.39, 0.29) is 11.8 Å². The fourth-order valence-corrected chi connectivity index (χ4v) is 2.74. The molecule has 74 valence electrons. The van der Waals surface area contributed by atoms with Crippen molar-refractivity contribution in [1.82, 2.24) is 0 Å². The molecule has 0 aromatic carbocycles. The molecule has 2 rings (SSSR count). The van der Waals surface area contributed by atoms with Gasteiger partial charge in [0.2, 0.25) is 0 Å². The topological polar surface area (TPSA) is 104 Å². The van der Waals surface area contributed by atoms with Crippen LogP contribution in [0.1, 0.15) is 6.42 Å². The number of carboxylic acids is 1. The van der Waals surface area contributed by atoms with E-state index >= 15 is 0 Å². The first-order valence-corrected chi connectivity index (χ1v) is 4.38. The lowest BCUT2D eigenvalue weighted by molar-refractivity contribution is -0.148. The Morgan fingerprint density at radius 3 is 2.23 bits per heavy atom. The van der Waals surface area contributed by atoms with E-state index in [9.17, 15) is 15.0 Å². The predicted octanol–water partition coefficient (Wildman–Crippen LogP) is -1.61. The quantitative estimate of drug-likeness (QED) is 0.395. The van der Waals surface area contributed by atoms with E-state index in [1.54, 1.807) is 0 Å². The molecule has 0 radical (unpaired) electrons. The number of aliphatic hydroxyl groups is 2. The largest absolute Gasteiger partial charge is 0.481 e. The highest BCUT2D eigenvalue weighted by molar-refractivity contribution is 5.72. The van der Waals surface area contributed by atoms with Crippen molar-refractivity contribution < 1.29 is 20.1 Å². The molecular formula is C8H13NO4. The third-order valence-electron chi connectivity index (χ3n) is 3.43. The lowest BCUT2D eigenvalue weighted by Crippen LogP contribution is -2.51. The molecule has 2 saturated carbocycles. The number of fused-ring (bicyclic) bond motifs is 2. The number of hydrogen-bond donors (Lipinski definition) is 4. The molecule has 2 fully saturated rings. The lowest BCUT2D eigenvalue weighted by atomic mass is 9.81. The van der Waals surface area contributed by atoms with Gasteiger partial charge in [0.1, 0.15) is 0 Å². The molecule has 0 aromatic heterocycles. The van der Waals surface area contributed by atoms with E-state index in [1.807, 2.05) is 0 Å². The Kier molecular flexibility index (Phi) is 1.83. The van der Waals surface area contributed by atoms with Crippen molar-refractivity contribution >= 4 is 5.97 Å². The van der Waals surface area contributed by atoms with E-state index in [0.29, 0.717) is 6.42 Å². The summed E-state index contributed by atoms with van der Waals surface area (Å²) in [5.74, 6) is -2.28. The van der Waals surface area contributed by atoms with Gasteiger partial charge in [0, 0.05) is 17.9 Å². The van der Waals surface area contributed by atoms with Crippen molar-refractivity contribution in [2.45, 2.75) is 24.7 Å². The van der Waals surface area contributed by atoms with E-state index < -0.39 is 30.1 Å². The highest BCUT2D eigenvalue weighted by Crippen LogP contribution is 2.47. The Labute approximate surface area is 75.2 Å². The highest BCUT2D eigenvalue weighted by atomic mass is 16.4. The Hall–Kier alpha value is -0.650. The standard InChI is InChI=1S/C8H13NO4/c9-5-3-1-2(4(5)8(12)13)6(10)7(3)11/h2-7,10-11H,1,9H2,(H,12,13)/t2-,3+,4+,5-,6-,7+/m1/s1. The normalized spacial score (nSPS) is 54.1. The Morgan fingerprint density at radius 1 is 1.23 bits per heavy atom. The molecule has 13 heavy (non-hydrogen) atoms. The first-order chi connectivity index (χ1) is 6.04. The van der Waals surface area contributed by atoms with Gasteiger partial charge in [0.05, 0.1) is 18.1 Å². The number of nitrogens with two attached hydrogens (primary N) is 1.